The summed E-state index contributed by atoms with van der Waals surface area (Å²) in [6, 6.07) is 15.5. The van der Waals surface area contributed by atoms with Crippen LogP contribution in [0.2, 0.25) is 0 Å². The second kappa shape index (κ2) is 5.21. The van der Waals surface area contributed by atoms with Crippen molar-refractivity contribution >= 4 is 0 Å². The highest BCUT2D eigenvalue weighted by atomic mass is 19.1. The molecule has 0 fully saturated rings. The Balaban J connectivity index is 1.87. The minimum atomic E-state index is -0.468. The summed E-state index contributed by atoms with van der Waals surface area (Å²) < 4.78 is 18.7. The quantitative estimate of drug-likeness (QED) is 0.859. The first-order valence-corrected chi connectivity index (χ1v) is 6.96. The van der Waals surface area contributed by atoms with Crippen LogP contribution >= 0.6 is 0 Å². The van der Waals surface area contributed by atoms with E-state index in [9.17, 15) is 9.65 Å². The summed E-state index contributed by atoms with van der Waals surface area (Å²) in [6.07, 6.45) is 2.01. The number of methoxy groups -OCH3 is 1. The van der Waals surface area contributed by atoms with Crippen LogP contribution in [0.3, 0.4) is 0 Å². The van der Waals surface area contributed by atoms with E-state index in [1.807, 2.05) is 18.2 Å². The Kier molecular flexibility index (Phi) is 3.39. The van der Waals surface area contributed by atoms with Gasteiger partial charge in [0, 0.05) is 0 Å². The van der Waals surface area contributed by atoms with Crippen LogP contribution in [0.1, 0.15) is 16.7 Å². The number of nitriles is 1. The van der Waals surface area contributed by atoms with Gasteiger partial charge in [-0.05, 0) is 48.1 Å². The summed E-state index contributed by atoms with van der Waals surface area (Å²) in [5, 5.41) is 9.65. The fourth-order valence-electron chi connectivity index (χ4n) is 3.15. The number of ether oxygens (including phenoxy) is 1. The lowest BCUT2D eigenvalue weighted by atomic mass is 9.80. The SMILES string of the molecule is COc1ccc(CC2(C#N)Cc3ccccc3C2)cc1F. The van der Waals surface area contributed by atoms with E-state index < -0.39 is 5.41 Å². The van der Waals surface area contributed by atoms with Crippen molar-refractivity contribution in [2.45, 2.75) is 19.3 Å². The van der Waals surface area contributed by atoms with Gasteiger partial charge in [-0.15, -0.1) is 0 Å². The summed E-state index contributed by atoms with van der Waals surface area (Å²) in [4.78, 5) is 0. The predicted molar refractivity (Wildman–Crippen MR) is 78.6 cm³/mol. The summed E-state index contributed by atoms with van der Waals surface area (Å²) in [6.45, 7) is 0. The molecule has 106 valence electrons. The highest BCUT2D eigenvalue weighted by Crippen LogP contribution is 2.39. The average molecular weight is 281 g/mol. The van der Waals surface area contributed by atoms with Gasteiger partial charge < -0.3 is 4.74 Å². The second-order valence-corrected chi connectivity index (χ2v) is 5.66. The summed E-state index contributed by atoms with van der Waals surface area (Å²) >= 11 is 0. The zero-order valence-electron chi connectivity index (χ0n) is 11.9. The van der Waals surface area contributed by atoms with Crippen molar-refractivity contribution in [2.75, 3.05) is 7.11 Å². The molecule has 2 nitrogen and oxygen atoms in total. The Bertz CT molecular complexity index is 692. The Morgan fingerprint density at radius 1 is 1.19 bits per heavy atom. The molecule has 2 aromatic rings. The van der Waals surface area contributed by atoms with E-state index in [1.165, 1.54) is 24.3 Å². The maximum atomic E-state index is 13.8. The Labute approximate surface area is 123 Å². The van der Waals surface area contributed by atoms with E-state index >= 15 is 0 Å². The highest BCUT2D eigenvalue weighted by Gasteiger charge is 2.37. The van der Waals surface area contributed by atoms with Crippen LogP contribution in [0.5, 0.6) is 5.75 Å². The van der Waals surface area contributed by atoms with Gasteiger partial charge in [-0.1, -0.05) is 30.3 Å². The standard InChI is InChI=1S/C18H16FNO/c1-21-17-7-6-13(8-16(17)19)9-18(12-20)10-14-4-2-3-5-15(14)11-18/h2-8H,9-11H2,1H3. The van der Waals surface area contributed by atoms with Crippen LogP contribution in [0, 0.1) is 22.6 Å². The van der Waals surface area contributed by atoms with Gasteiger partial charge in [0.05, 0.1) is 18.6 Å². The molecule has 0 aliphatic heterocycles. The van der Waals surface area contributed by atoms with Gasteiger partial charge in [-0.2, -0.15) is 5.26 Å². The number of hydrogen-bond acceptors (Lipinski definition) is 2. The molecule has 0 unspecified atom stereocenters. The molecule has 0 heterocycles. The molecule has 0 amide bonds. The van der Waals surface area contributed by atoms with Crippen LogP contribution in [0.15, 0.2) is 42.5 Å². The maximum Gasteiger partial charge on any atom is 0.165 e. The number of halogens is 1. The van der Waals surface area contributed by atoms with Gasteiger partial charge >= 0.3 is 0 Å². The second-order valence-electron chi connectivity index (χ2n) is 5.66. The predicted octanol–water partition coefficient (Wildman–Crippen LogP) is 3.69. The topological polar surface area (TPSA) is 33.0 Å². The average Bonchev–Trinajstić information content (AvgIpc) is 2.86. The molecule has 0 radical (unpaired) electrons. The van der Waals surface area contributed by atoms with Gasteiger partial charge in [0.1, 0.15) is 0 Å². The lowest BCUT2D eigenvalue weighted by Crippen LogP contribution is -2.22. The molecule has 1 aliphatic rings. The van der Waals surface area contributed by atoms with E-state index in [4.69, 9.17) is 4.74 Å². The van der Waals surface area contributed by atoms with E-state index in [0.29, 0.717) is 6.42 Å². The van der Waals surface area contributed by atoms with E-state index in [2.05, 4.69) is 18.2 Å². The molecule has 0 spiro atoms. The molecular weight excluding hydrogens is 265 g/mol. The molecule has 1 aliphatic carbocycles. The minimum Gasteiger partial charge on any atom is -0.494 e. The fraction of sp³-hybridized carbons (Fsp3) is 0.278. The van der Waals surface area contributed by atoms with Gasteiger partial charge in [0.15, 0.2) is 11.6 Å². The lowest BCUT2D eigenvalue weighted by molar-refractivity contribution is 0.383. The number of benzene rings is 2. The molecule has 3 heteroatoms. The Hall–Kier alpha value is -2.34. The van der Waals surface area contributed by atoms with Crippen molar-refractivity contribution in [1.82, 2.24) is 0 Å². The third-order valence-electron chi connectivity index (χ3n) is 4.17. The largest absolute Gasteiger partial charge is 0.494 e. The number of hydrogen-bond donors (Lipinski definition) is 0. The minimum absolute atomic E-state index is 0.236. The molecule has 0 aromatic heterocycles. The third kappa shape index (κ3) is 2.50. The van der Waals surface area contributed by atoms with Crippen molar-refractivity contribution in [3.05, 3.63) is 65.0 Å². The van der Waals surface area contributed by atoms with Crippen molar-refractivity contribution in [3.63, 3.8) is 0 Å². The zero-order valence-corrected chi connectivity index (χ0v) is 11.9. The molecular formula is C18H16FNO. The van der Waals surface area contributed by atoms with Crippen LogP contribution in [-0.4, -0.2) is 7.11 Å². The van der Waals surface area contributed by atoms with Crippen LogP contribution in [0.4, 0.5) is 4.39 Å². The van der Waals surface area contributed by atoms with Crippen molar-refractivity contribution in [1.29, 1.82) is 5.26 Å². The normalized spacial score (nSPS) is 15.3. The maximum absolute atomic E-state index is 13.8. The van der Waals surface area contributed by atoms with E-state index in [1.54, 1.807) is 6.07 Å². The van der Waals surface area contributed by atoms with Crippen molar-refractivity contribution in [3.8, 4) is 11.8 Å². The molecule has 3 rings (SSSR count). The number of nitrogens with zero attached hydrogens (tertiary/aromatic N) is 1. The Morgan fingerprint density at radius 3 is 2.38 bits per heavy atom. The molecule has 0 saturated carbocycles. The van der Waals surface area contributed by atoms with Gasteiger partial charge in [0.2, 0.25) is 0 Å². The summed E-state index contributed by atoms with van der Waals surface area (Å²) in [7, 11) is 1.45. The van der Waals surface area contributed by atoms with Crippen molar-refractivity contribution < 1.29 is 9.13 Å². The molecule has 0 saturated heterocycles. The van der Waals surface area contributed by atoms with Crippen molar-refractivity contribution in [2.24, 2.45) is 5.41 Å². The molecule has 0 atom stereocenters. The van der Waals surface area contributed by atoms with Gasteiger partial charge in [0.25, 0.3) is 0 Å². The molecule has 0 N–H and O–H groups in total. The zero-order chi connectivity index (χ0) is 14.9. The highest BCUT2D eigenvalue weighted by molar-refractivity contribution is 5.39. The first-order chi connectivity index (χ1) is 10.2. The van der Waals surface area contributed by atoms with E-state index in [0.717, 1.165) is 18.4 Å². The monoisotopic (exact) mass is 281 g/mol. The van der Waals surface area contributed by atoms with E-state index in [-0.39, 0.29) is 11.6 Å². The van der Waals surface area contributed by atoms with Gasteiger partial charge in [-0.3, -0.25) is 0 Å². The third-order valence-corrected chi connectivity index (χ3v) is 4.17. The van der Waals surface area contributed by atoms with Crippen LogP contribution in [-0.2, 0) is 19.3 Å². The molecule has 0 bridgehead atoms. The molecule has 2 aromatic carbocycles. The summed E-state index contributed by atoms with van der Waals surface area (Å²) in [5.41, 5.74) is 2.83. The first kappa shape index (κ1) is 13.6. The number of rotatable bonds is 3. The Morgan fingerprint density at radius 2 is 1.86 bits per heavy atom. The van der Waals surface area contributed by atoms with Crippen LogP contribution in [0.25, 0.3) is 0 Å². The number of fused-ring (bicyclic) bond motifs is 1. The first-order valence-electron chi connectivity index (χ1n) is 6.96. The van der Waals surface area contributed by atoms with Gasteiger partial charge in [-0.25, -0.2) is 4.39 Å². The molecule has 21 heavy (non-hydrogen) atoms. The lowest BCUT2D eigenvalue weighted by Gasteiger charge is -2.20. The summed E-state index contributed by atoms with van der Waals surface area (Å²) in [5.74, 6) is -0.141. The fourth-order valence-corrected chi connectivity index (χ4v) is 3.15. The smallest absolute Gasteiger partial charge is 0.165 e. The van der Waals surface area contributed by atoms with Crippen LogP contribution < -0.4 is 4.74 Å².